The summed E-state index contributed by atoms with van der Waals surface area (Å²) in [6.07, 6.45) is 1.54. The fraction of sp³-hybridized carbons (Fsp3) is 0.136. The number of nitriles is 1. The van der Waals surface area contributed by atoms with Crippen molar-refractivity contribution >= 4 is 43.9 Å². The Morgan fingerprint density at radius 1 is 1.03 bits per heavy atom. The van der Waals surface area contributed by atoms with Crippen LogP contribution in [0.15, 0.2) is 42.6 Å². The number of rotatable bonds is 4. The zero-order chi connectivity index (χ0) is 20.7. The molecule has 7 nitrogen and oxygen atoms in total. The smallest absolute Gasteiger partial charge is 0.231 e. The molecule has 0 atom stereocenters. The van der Waals surface area contributed by atoms with E-state index in [4.69, 9.17) is 9.47 Å². The summed E-state index contributed by atoms with van der Waals surface area (Å²) in [5.74, 6) is 1.32. The minimum atomic E-state index is 0.176. The summed E-state index contributed by atoms with van der Waals surface area (Å²) in [4.78, 5) is 8.96. The number of pyridine rings is 1. The summed E-state index contributed by atoms with van der Waals surface area (Å²) < 4.78 is 11.9. The molecule has 1 aliphatic rings. The van der Waals surface area contributed by atoms with Crippen LogP contribution in [-0.2, 0) is 0 Å². The third-order valence-corrected chi connectivity index (χ3v) is 5.82. The number of aromatic nitrogens is 2. The Hall–Kier alpha value is -3.83. The van der Waals surface area contributed by atoms with Crippen molar-refractivity contribution in [3.63, 3.8) is 0 Å². The molecule has 8 heteroatoms. The fourth-order valence-corrected chi connectivity index (χ4v) is 4.20. The van der Waals surface area contributed by atoms with E-state index in [-0.39, 0.29) is 6.79 Å². The van der Waals surface area contributed by atoms with Crippen molar-refractivity contribution in [1.29, 1.82) is 5.26 Å². The van der Waals surface area contributed by atoms with Gasteiger partial charge in [-0.3, -0.25) is 0 Å². The summed E-state index contributed by atoms with van der Waals surface area (Å²) in [6, 6.07) is 14.1. The Morgan fingerprint density at radius 3 is 2.67 bits per heavy atom. The minimum Gasteiger partial charge on any atom is -0.454 e. The van der Waals surface area contributed by atoms with Gasteiger partial charge in [0.2, 0.25) is 6.79 Å². The number of nitrogens with one attached hydrogen (secondary N) is 2. The lowest BCUT2D eigenvalue weighted by Crippen LogP contribution is -1.99. The van der Waals surface area contributed by atoms with Gasteiger partial charge >= 0.3 is 0 Å². The van der Waals surface area contributed by atoms with Gasteiger partial charge in [-0.1, -0.05) is 35.1 Å². The number of nitrogens with zero attached hydrogens (tertiary/aromatic N) is 3. The molecule has 0 amide bonds. The molecule has 5 rings (SSSR count). The van der Waals surface area contributed by atoms with Crippen LogP contribution in [0.5, 0.6) is 11.5 Å². The first-order chi connectivity index (χ1) is 14.6. The number of ether oxygens (including phenoxy) is 2. The average Bonchev–Trinajstić information content (AvgIpc) is 3.38. The fourth-order valence-electron chi connectivity index (χ4n) is 3.25. The first-order valence-corrected chi connectivity index (χ1v) is 10.1. The number of anilines is 4. The number of aryl methyl sites for hydroxylation is 2. The van der Waals surface area contributed by atoms with Crippen molar-refractivity contribution in [1.82, 2.24) is 9.97 Å². The highest BCUT2D eigenvalue weighted by molar-refractivity contribution is 7.22. The Balaban J connectivity index is 1.58. The zero-order valence-electron chi connectivity index (χ0n) is 16.3. The van der Waals surface area contributed by atoms with E-state index in [0.717, 1.165) is 21.6 Å². The largest absolute Gasteiger partial charge is 0.454 e. The van der Waals surface area contributed by atoms with Gasteiger partial charge in [0.05, 0.1) is 16.9 Å². The van der Waals surface area contributed by atoms with Crippen LogP contribution >= 0.6 is 11.3 Å². The van der Waals surface area contributed by atoms with Gasteiger partial charge < -0.3 is 20.1 Å². The van der Waals surface area contributed by atoms with Gasteiger partial charge in [-0.15, -0.1) is 0 Å². The van der Waals surface area contributed by atoms with E-state index < -0.39 is 0 Å². The average molecular weight is 415 g/mol. The molecule has 2 aromatic carbocycles. The highest BCUT2D eigenvalue weighted by Crippen LogP contribution is 2.44. The van der Waals surface area contributed by atoms with E-state index in [1.807, 2.05) is 50.2 Å². The molecule has 0 saturated heterocycles. The number of benzene rings is 2. The molecule has 3 heterocycles. The summed E-state index contributed by atoms with van der Waals surface area (Å²) in [5.41, 5.74) is 5.54. The van der Waals surface area contributed by atoms with Crippen molar-refractivity contribution in [2.45, 2.75) is 13.8 Å². The second kappa shape index (κ2) is 7.21. The molecule has 2 N–H and O–H groups in total. The van der Waals surface area contributed by atoms with Crippen LogP contribution in [-0.4, -0.2) is 16.8 Å². The Kier molecular flexibility index (Phi) is 4.38. The third kappa shape index (κ3) is 3.15. The van der Waals surface area contributed by atoms with Gasteiger partial charge in [0.25, 0.3) is 0 Å². The predicted octanol–water partition coefficient (Wildman–Crippen LogP) is 5.40. The number of fused-ring (bicyclic) bond motifs is 2. The normalized spacial score (nSPS) is 12.0. The van der Waals surface area contributed by atoms with E-state index in [2.05, 4.69) is 26.7 Å². The molecule has 0 saturated carbocycles. The summed E-state index contributed by atoms with van der Waals surface area (Å²) >= 11 is 1.44. The maximum Gasteiger partial charge on any atom is 0.231 e. The van der Waals surface area contributed by atoms with Gasteiger partial charge in [-0.25, -0.2) is 4.98 Å². The summed E-state index contributed by atoms with van der Waals surface area (Å²) in [5, 5.41) is 17.1. The maximum atomic E-state index is 9.67. The first-order valence-electron chi connectivity index (χ1n) is 9.32. The lowest BCUT2D eigenvalue weighted by Gasteiger charge is -2.13. The summed E-state index contributed by atoms with van der Waals surface area (Å²) in [7, 11) is 0. The van der Waals surface area contributed by atoms with E-state index in [1.165, 1.54) is 23.1 Å². The Labute approximate surface area is 176 Å². The van der Waals surface area contributed by atoms with E-state index >= 15 is 0 Å². The molecule has 0 spiro atoms. The van der Waals surface area contributed by atoms with Crippen LogP contribution in [0.1, 0.15) is 16.7 Å². The van der Waals surface area contributed by atoms with Crippen LogP contribution in [0.2, 0.25) is 0 Å². The lowest BCUT2D eigenvalue weighted by molar-refractivity contribution is 0.174. The predicted molar refractivity (Wildman–Crippen MR) is 117 cm³/mol. The van der Waals surface area contributed by atoms with E-state index in [9.17, 15) is 5.26 Å². The van der Waals surface area contributed by atoms with Crippen LogP contribution in [0.25, 0.3) is 10.3 Å². The van der Waals surface area contributed by atoms with Crippen molar-refractivity contribution in [3.05, 3.63) is 59.3 Å². The van der Waals surface area contributed by atoms with Crippen LogP contribution < -0.4 is 20.1 Å². The standard InChI is InChI=1S/C22H17N5O2S/c1-12-3-6-15(7-4-12)25-22-27-21-20(30-22)18(14(9-23)10-24-21)26-17-13(2)5-8-16-19(17)29-11-28-16/h3-8,10H,11H2,1-2H3,(H2,24,25,26,27). The lowest BCUT2D eigenvalue weighted by atomic mass is 10.1. The molecule has 1 aliphatic heterocycles. The minimum absolute atomic E-state index is 0.176. The highest BCUT2D eigenvalue weighted by Gasteiger charge is 2.22. The molecule has 148 valence electrons. The molecule has 0 radical (unpaired) electrons. The SMILES string of the molecule is Cc1ccc(Nc2nc3ncc(C#N)c(Nc4c(C)ccc5c4OCO5)c3s2)cc1. The van der Waals surface area contributed by atoms with E-state index in [1.54, 1.807) is 0 Å². The third-order valence-electron chi connectivity index (χ3n) is 4.84. The van der Waals surface area contributed by atoms with Crippen molar-refractivity contribution in [3.8, 4) is 17.6 Å². The molecule has 0 aliphatic carbocycles. The molecule has 0 unspecified atom stereocenters. The number of hydrogen-bond acceptors (Lipinski definition) is 8. The second-order valence-electron chi connectivity index (χ2n) is 6.94. The van der Waals surface area contributed by atoms with Gasteiger partial charge in [0.1, 0.15) is 10.8 Å². The van der Waals surface area contributed by atoms with Crippen molar-refractivity contribution < 1.29 is 9.47 Å². The van der Waals surface area contributed by atoms with Crippen LogP contribution in [0.4, 0.5) is 22.2 Å². The molecular weight excluding hydrogens is 398 g/mol. The second-order valence-corrected chi connectivity index (χ2v) is 7.94. The molecule has 0 bridgehead atoms. The summed E-state index contributed by atoms with van der Waals surface area (Å²) in [6.45, 7) is 4.20. The molecule has 0 fully saturated rings. The monoisotopic (exact) mass is 415 g/mol. The highest BCUT2D eigenvalue weighted by atomic mass is 32.1. The van der Waals surface area contributed by atoms with Crippen LogP contribution in [0.3, 0.4) is 0 Å². The van der Waals surface area contributed by atoms with Crippen molar-refractivity contribution in [2.24, 2.45) is 0 Å². The Morgan fingerprint density at radius 2 is 1.87 bits per heavy atom. The molecule has 4 aromatic rings. The molecule has 30 heavy (non-hydrogen) atoms. The van der Waals surface area contributed by atoms with Crippen molar-refractivity contribution in [2.75, 3.05) is 17.4 Å². The van der Waals surface area contributed by atoms with Gasteiger partial charge in [0, 0.05) is 11.9 Å². The Bertz CT molecular complexity index is 1310. The van der Waals surface area contributed by atoms with Gasteiger partial charge in [0.15, 0.2) is 22.3 Å². The molecular formula is C22H17N5O2S. The van der Waals surface area contributed by atoms with Gasteiger partial charge in [-0.05, 0) is 37.6 Å². The quantitative estimate of drug-likeness (QED) is 0.461. The molecule has 2 aromatic heterocycles. The van der Waals surface area contributed by atoms with Gasteiger partial charge in [-0.2, -0.15) is 10.2 Å². The number of thiazole rings is 1. The first kappa shape index (κ1) is 18.2. The van der Waals surface area contributed by atoms with Crippen LogP contribution in [0, 0.1) is 25.2 Å². The number of hydrogen-bond donors (Lipinski definition) is 2. The zero-order valence-corrected chi connectivity index (χ0v) is 17.1. The topological polar surface area (TPSA) is 92.1 Å². The maximum absolute atomic E-state index is 9.67. The van der Waals surface area contributed by atoms with E-state index in [0.29, 0.717) is 33.5 Å².